The molecular formula is C14H18N2O5. The van der Waals surface area contributed by atoms with E-state index in [0.29, 0.717) is 5.56 Å². The maximum Gasteiger partial charge on any atom is 0.305 e. The molecule has 0 aliphatic carbocycles. The molecule has 0 saturated heterocycles. The van der Waals surface area contributed by atoms with Gasteiger partial charge in [-0.25, -0.2) is 0 Å². The number of hydrogen-bond donors (Lipinski definition) is 4. The summed E-state index contributed by atoms with van der Waals surface area (Å²) in [5.74, 6) is -4.42. The van der Waals surface area contributed by atoms with E-state index in [1.54, 1.807) is 18.2 Å². The van der Waals surface area contributed by atoms with Crippen LogP contribution in [0.4, 0.5) is 0 Å². The fraction of sp³-hybridized carbons (Fsp3) is 0.357. The monoisotopic (exact) mass is 294 g/mol. The van der Waals surface area contributed by atoms with Crippen molar-refractivity contribution in [1.29, 1.82) is 0 Å². The molecule has 0 spiro atoms. The van der Waals surface area contributed by atoms with E-state index >= 15 is 0 Å². The van der Waals surface area contributed by atoms with Crippen molar-refractivity contribution in [3.63, 3.8) is 0 Å². The molecule has 6 N–H and O–H groups in total. The summed E-state index contributed by atoms with van der Waals surface area (Å²) in [5, 5.41) is 19.0. The van der Waals surface area contributed by atoms with Gasteiger partial charge in [0.05, 0.1) is 18.4 Å². The summed E-state index contributed by atoms with van der Waals surface area (Å²) in [4.78, 5) is 34.5. The van der Waals surface area contributed by atoms with Crippen molar-refractivity contribution in [3.05, 3.63) is 35.9 Å². The number of ketones is 1. The molecule has 114 valence electrons. The van der Waals surface area contributed by atoms with Gasteiger partial charge in [0.15, 0.2) is 11.4 Å². The molecule has 0 aliphatic heterocycles. The molecule has 0 aromatic heterocycles. The summed E-state index contributed by atoms with van der Waals surface area (Å²) < 4.78 is 0. The highest BCUT2D eigenvalue weighted by atomic mass is 16.4. The topological polar surface area (TPSA) is 144 Å². The number of benzene rings is 1. The predicted molar refractivity (Wildman–Crippen MR) is 74.2 cm³/mol. The number of Topliss-reactive ketones (excluding diaryl/α,β-unsaturated/α-hetero) is 1. The minimum Gasteiger partial charge on any atom is -0.481 e. The van der Waals surface area contributed by atoms with Crippen LogP contribution >= 0.6 is 0 Å². The fourth-order valence-electron chi connectivity index (χ4n) is 2.06. The number of carboxylic acids is 1. The number of rotatable bonds is 7. The number of carbonyl (C=O) groups excluding carboxylic acids is 2. The van der Waals surface area contributed by atoms with Gasteiger partial charge in [0.2, 0.25) is 5.91 Å². The van der Waals surface area contributed by atoms with Crippen molar-refractivity contribution in [2.24, 2.45) is 11.5 Å². The van der Waals surface area contributed by atoms with Crippen LogP contribution < -0.4 is 11.5 Å². The first-order valence-corrected chi connectivity index (χ1v) is 6.26. The second-order valence-electron chi connectivity index (χ2n) is 4.96. The van der Waals surface area contributed by atoms with Crippen LogP contribution in [0.3, 0.4) is 0 Å². The van der Waals surface area contributed by atoms with Gasteiger partial charge in [-0.15, -0.1) is 0 Å². The number of aliphatic hydroxyl groups is 1. The molecule has 1 amide bonds. The first kappa shape index (κ1) is 16.8. The molecule has 7 heteroatoms. The van der Waals surface area contributed by atoms with Crippen molar-refractivity contribution in [1.82, 2.24) is 0 Å². The quantitative estimate of drug-likeness (QED) is 0.527. The minimum atomic E-state index is -2.17. The Balaban J connectivity index is 3.24. The summed E-state index contributed by atoms with van der Waals surface area (Å²) in [5.41, 5.74) is 8.88. The molecule has 0 saturated carbocycles. The smallest absolute Gasteiger partial charge is 0.305 e. The largest absolute Gasteiger partial charge is 0.481 e. The third-order valence-electron chi connectivity index (χ3n) is 3.24. The first-order valence-electron chi connectivity index (χ1n) is 6.26. The zero-order valence-electron chi connectivity index (χ0n) is 11.5. The molecule has 3 atom stereocenters. The molecule has 0 heterocycles. The Morgan fingerprint density at radius 3 is 2.19 bits per heavy atom. The molecule has 1 aromatic carbocycles. The van der Waals surface area contributed by atoms with E-state index in [0.717, 1.165) is 6.92 Å². The van der Waals surface area contributed by atoms with E-state index in [9.17, 15) is 19.5 Å². The van der Waals surface area contributed by atoms with Crippen LogP contribution in [0.25, 0.3) is 0 Å². The van der Waals surface area contributed by atoms with Crippen LogP contribution in [0.15, 0.2) is 30.3 Å². The highest BCUT2D eigenvalue weighted by Gasteiger charge is 2.44. The van der Waals surface area contributed by atoms with Crippen molar-refractivity contribution >= 4 is 17.7 Å². The van der Waals surface area contributed by atoms with Crippen LogP contribution in [-0.2, 0) is 14.4 Å². The van der Waals surface area contributed by atoms with E-state index in [4.69, 9.17) is 16.6 Å². The highest BCUT2D eigenvalue weighted by molar-refractivity contribution is 5.99. The van der Waals surface area contributed by atoms with E-state index in [1.807, 2.05) is 0 Å². The Hall–Kier alpha value is -2.25. The van der Waals surface area contributed by atoms with Gasteiger partial charge < -0.3 is 21.7 Å². The summed E-state index contributed by atoms with van der Waals surface area (Å²) >= 11 is 0. The lowest BCUT2D eigenvalue weighted by Crippen LogP contribution is -2.52. The maximum atomic E-state index is 12.4. The summed E-state index contributed by atoms with van der Waals surface area (Å²) in [7, 11) is 0. The van der Waals surface area contributed by atoms with E-state index in [2.05, 4.69) is 0 Å². The fourth-order valence-corrected chi connectivity index (χ4v) is 2.06. The second kappa shape index (κ2) is 6.47. The average Bonchev–Trinajstić information content (AvgIpc) is 2.38. The summed E-state index contributed by atoms with van der Waals surface area (Å²) in [6, 6.07) is 6.66. The molecule has 0 bridgehead atoms. The lowest BCUT2D eigenvalue weighted by molar-refractivity contribution is -0.145. The van der Waals surface area contributed by atoms with Gasteiger partial charge in [0.25, 0.3) is 0 Å². The average molecular weight is 294 g/mol. The molecule has 21 heavy (non-hydrogen) atoms. The number of nitrogens with two attached hydrogens (primary N) is 2. The molecule has 3 unspecified atom stereocenters. The molecule has 1 rings (SSSR count). The Labute approximate surface area is 121 Å². The Morgan fingerprint density at radius 2 is 1.76 bits per heavy atom. The van der Waals surface area contributed by atoms with Gasteiger partial charge in [0, 0.05) is 0 Å². The number of carboxylic acid groups (broad SMARTS) is 1. The van der Waals surface area contributed by atoms with E-state index in [1.165, 1.54) is 12.1 Å². The lowest BCUT2D eigenvalue weighted by Gasteiger charge is -2.30. The van der Waals surface area contributed by atoms with Gasteiger partial charge in [-0.3, -0.25) is 14.4 Å². The SMILES string of the molecule is CC(O)(C(N)=O)C(C(=O)C(N)CC(=O)O)c1ccccc1. The van der Waals surface area contributed by atoms with Crippen molar-refractivity contribution < 1.29 is 24.6 Å². The van der Waals surface area contributed by atoms with Gasteiger partial charge in [-0.05, 0) is 12.5 Å². The van der Waals surface area contributed by atoms with Crippen LogP contribution in [0.5, 0.6) is 0 Å². The van der Waals surface area contributed by atoms with Gasteiger partial charge >= 0.3 is 5.97 Å². The molecule has 1 aromatic rings. The van der Waals surface area contributed by atoms with Crippen LogP contribution in [0.2, 0.25) is 0 Å². The lowest BCUT2D eigenvalue weighted by atomic mass is 9.77. The standard InChI is InChI=1S/C14H18N2O5/c1-14(21,13(16)20)11(8-5-3-2-4-6-8)12(19)9(15)7-10(17)18/h2-6,9,11,21H,7,15H2,1H3,(H2,16,20)(H,17,18). The maximum absolute atomic E-state index is 12.4. The normalized spacial score (nSPS) is 16.5. The van der Waals surface area contributed by atoms with Gasteiger partial charge in [-0.2, -0.15) is 0 Å². The zero-order chi connectivity index (χ0) is 16.2. The van der Waals surface area contributed by atoms with Gasteiger partial charge in [0.1, 0.15) is 0 Å². The molecule has 0 aliphatic rings. The predicted octanol–water partition coefficient (Wildman–Crippen LogP) is -0.622. The number of hydrogen-bond acceptors (Lipinski definition) is 5. The third kappa shape index (κ3) is 3.87. The zero-order valence-corrected chi connectivity index (χ0v) is 11.5. The number of carbonyl (C=O) groups is 3. The summed E-state index contributed by atoms with van der Waals surface area (Å²) in [6.07, 6.45) is -0.600. The second-order valence-corrected chi connectivity index (χ2v) is 4.96. The Morgan fingerprint density at radius 1 is 1.24 bits per heavy atom. The molecule has 7 nitrogen and oxygen atoms in total. The Kier molecular flexibility index (Phi) is 5.17. The van der Waals surface area contributed by atoms with E-state index < -0.39 is 41.6 Å². The number of amides is 1. The third-order valence-corrected chi connectivity index (χ3v) is 3.24. The number of aliphatic carboxylic acids is 1. The summed E-state index contributed by atoms with van der Waals surface area (Å²) in [6.45, 7) is 1.11. The van der Waals surface area contributed by atoms with Crippen molar-refractivity contribution in [2.45, 2.75) is 30.9 Å². The highest BCUT2D eigenvalue weighted by Crippen LogP contribution is 2.30. The van der Waals surface area contributed by atoms with Crippen LogP contribution in [-0.4, -0.2) is 39.5 Å². The minimum absolute atomic E-state index is 0.340. The van der Waals surface area contributed by atoms with Crippen molar-refractivity contribution in [2.75, 3.05) is 0 Å². The first-order chi connectivity index (χ1) is 9.67. The molecule has 0 fully saturated rings. The molecule has 0 radical (unpaired) electrons. The van der Waals surface area contributed by atoms with Crippen LogP contribution in [0, 0.1) is 0 Å². The Bertz CT molecular complexity index is 542. The van der Waals surface area contributed by atoms with Crippen LogP contribution in [0.1, 0.15) is 24.8 Å². The number of primary amides is 1. The van der Waals surface area contributed by atoms with Crippen molar-refractivity contribution in [3.8, 4) is 0 Å². The van der Waals surface area contributed by atoms with E-state index in [-0.39, 0.29) is 0 Å². The van der Waals surface area contributed by atoms with Gasteiger partial charge in [-0.1, -0.05) is 30.3 Å². The molecular weight excluding hydrogens is 276 g/mol.